The predicted octanol–water partition coefficient (Wildman–Crippen LogP) is 3.04. The Labute approximate surface area is 158 Å². The van der Waals surface area contributed by atoms with E-state index in [1.54, 1.807) is 5.32 Å². The monoisotopic (exact) mass is 420 g/mol. The fourth-order valence-electron chi connectivity index (χ4n) is 2.27. The SMILES string of the molecule is CON(C)S(=O)(=O)c1cccc(C(=O)NC(c2ccc(F)cc2)C(F)(F)F)c1. The molecule has 0 spiro atoms. The number of nitrogens with one attached hydrogen (secondary N) is 1. The van der Waals surface area contributed by atoms with Gasteiger partial charge >= 0.3 is 6.18 Å². The van der Waals surface area contributed by atoms with Crippen LogP contribution in [0.1, 0.15) is 22.0 Å². The average molecular weight is 420 g/mol. The van der Waals surface area contributed by atoms with Crippen LogP contribution in [0.5, 0.6) is 0 Å². The Morgan fingerprint density at radius 3 is 2.29 bits per heavy atom. The van der Waals surface area contributed by atoms with E-state index in [1.165, 1.54) is 18.2 Å². The van der Waals surface area contributed by atoms with Crippen molar-refractivity contribution in [3.8, 4) is 0 Å². The highest BCUT2D eigenvalue weighted by Gasteiger charge is 2.42. The van der Waals surface area contributed by atoms with Crippen molar-refractivity contribution in [2.75, 3.05) is 14.2 Å². The number of alkyl halides is 3. The van der Waals surface area contributed by atoms with Gasteiger partial charge in [-0.3, -0.25) is 9.63 Å². The van der Waals surface area contributed by atoms with E-state index >= 15 is 0 Å². The summed E-state index contributed by atoms with van der Waals surface area (Å²) in [4.78, 5) is 16.6. The zero-order valence-electron chi connectivity index (χ0n) is 14.7. The van der Waals surface area contributed by atoms with Gasteiger partial charge < -0.3 is 5.32 Å². The van der Waals surface area contributed by atoms with E-state index in [2.05, 4.69) is 4.84 Å². The third-order valence-electron chi connectivity index (χ3n) is 3.80. The van der Waals surface area contributed by atoms with Crippen LogP contribution in [0, 0.1) is 5.82 Å². The molecule has 2 aromatic rings. The zero-order chi connectivity index (χ0) is 21.1. The van der Waals surface area contributed by atoms with E-state index in [0.29, 0.717) is 4.47 Å². The first-order chi connectivity index (χ1) is 13.0. The summed E-state index contributed by atoms with van der Waals surface area (Å²) in [6, 6.07) is 5.57. The van der Waals surface area contributed by atoms with Gasteiger partial charge in [0.25, 0.3) is 15.9 Å². The van der Waals surface area contributed by atoms with E-state index in [0.717, 1.165) is 44.5 Å². The van der Waals surface area contributed by atoms with Crippen LogP contribution in [-0.2, 0) is 14.9 Å². The molecule has 1 unspecified atom stereocenters. The van der Waals surface area contributed by atoms with E-state index in [4.69, 9.17) is 0 Å². The molecule has 0 aliphatic rings. The lowest BCUT2D eigenvalue weighted by Crippen LogP contribution is -2.38. The van der Waals surface area contributed by atoms with Crippen molar-refractivity contribution in [1.29, 1.82) is 0 Å². The molecule has 0 saturated carbocycles. The van der Waals surface area contributed by atoms with Gasteiger partial charge in [-0.25, -0.2) is 12.8 Å². The third kappa shape index (κ3) is 4.86. The van der Waals surface area contributed by atoms with Crippen molar-refractivity contribution >= 4 is 15.9 Å². The van der Waals surface area contributed by atoms with Gasteiger partial charge in [-0.2, -0.15) is 13.2 Å². The van der Waals surface area contributed by atoms with Crippen LogP contribution in [0.3, 0.4) is 0 Å². The summed E-state index contributed by atoms with van der Waals surface area (Å²) in [6.45, 7) is 0. The summed E-state index contributed by atoms with van der Waals surface area (Å²) in [5.41, 5.74) is -0.674. The van der Waals surface area contributed by atoms with E-state index in [9.17, 15) is 30.8 Å². The van der Waals surface area contributed by atoms with Crippen molar-refractivity contribution in [3.63, 3.8) is 0 Å². The molecular weight excluding hydrogens is 404 g/mol. The highest BCUT2D eigenvalue weighted by molar-refractivity contribution is 7.89. The molecule has 2 aromatic carbocycles. The summed E-state index contributed by atoms with van der Waals surface area (Å²) in [5.74, 6) is -1.88. The molecule has 1 amide bonds. The molecule has 0 bridgehead atoms. The van der Waals surface area contributed by atoms with Gasteiger partial charge in [-0.15, -0.1) is 0 Å². The van der Waals surface area contributed by atoms with Crippen molar-refractivity contribution in [2.45, 2.75) is 17.1 Å². The van der Waals surface area contributed by atoms with Gasteiger partial charge in [-0.1, -0.05) is 22.7 Å². The number of halogens is 4. The number of hydrogen-bond acceptors (Lipinski definition) is 4. The second-order valence-corrected chi connectivity index (χ2v) is 7.56. The average Bonchev–Trinajstić information content (AvgIpc) is 2.65. The third-order valence-corrected chi connectivity index (χ3v) is 5.47. The minimum Gasteiger partial charge on any atom is -0.337 e. The van der Waals surface area contributed by atoms with E-state index in [1.807, 2.05) is 0 Å². The number of hydrogen-bond donors (Lipinski definition) is 1. The molecule has 28 heavy (non-hydrogen) atoms. The number of carbonyl (C=O) groups is 1. The molecule has 0 saturated heterocycles. The lowest BCUT2D eigenvalue weighted by molar-refractivity contribution is -0.155. The topological polar surface area (TPSA) is 75.7 Å². The van der Waals surface area contributed by atoms with Gasteiger partial charge in [0.05, 0.1) is 12.0 Å². The van der Waals surface area contributed by atoms with Crippen LogP contribution in [-0.4, -0.2) is 39.1 Å². The molecular formula is C17H16F4N2O4S. The number of rotatable bonds is 6. The van der Waals surface area contributed by atoms with Gasteiger partial charge in [0.1, 0.15) is 5.82 Å². The summed E-state index contributed by atoms with van der Waals surface area (Å²) in [6.07, 6.45) is -4.85. The number of hydroxylamine groups is 1. The van der Waals surface area contributed by atoms with Gasteiger partial charge in [0.2, 0.25) is 0 Å². The Morgan fingerprint density at radius 1 is 1.14 bits per heavy atom. The van der Waals surface area contributed by atoms with Crippen LogP contribution in [0.15, 0.2) is 53.4 Å². The fraction of sp³-hybridized carbons (Fsp3) is 0.235. The van der Waals surface area contributed by atoms with Crippen LogP contribution < -0.4 is 5.32 Å². The molecule has 152 valence electrons. The van der Waals surface area contributed by atoms with E-state index in [-0.39, 0.29) is 16.0 Å². The second kappa shape index (κ2) is 8.25. The maximum Gasteiger partial charge on any atom is 0.412 e. The minimum atomic E-state index is -4.85. The van der Waals surface area contributed by atoms with Crippen molar-refractivity contribution < 1.29 is 35.6 Å². The Balaban J connectivity index is 2.34. The Morgan fingerprint density at radius 2 is 1.75 bits per heavy atom. The fourth-order valence-corrected chi connectivity index (χ4v) is 3.29. The quantitative estimate of drug-likeness (QED) is 0.576. The molecule has 0 fully saturated rings. The maximum atomic E-state index is 13.4. The lowest BCUT2D eigenvalue weighted by Gasteiger charge is -2.22. The number of benzene rings is 2. The Hall–Kier alpha value is -2.50. The molecule has 0 aliphatic carbocycles. The van der Waals surface area contributed by atoms with Crippen LogP contribution in [0.2, 0.25) is 0 Å². The van der Waals surface area contributed by atoms with Crippen molar-refractivity contribution in [2.24, 2.45) is 0 Å². The smallest absolute Gasteiger partial charge is 0.337 e. The summed E-state index contributed by atoms with van der Waals surface area (Å²) in [7, 11) is -1.85. The second-order valence-electron chi connectivity index (χ2n) is 5.62. The van der Waals surface area contributed by atoms with Crippen molar-refractivity contribution in [3.05, 3.63) is 65.5 Å². The lowest BCUT2D eigenvalue weighted by atomic mass is 10.1. The Kier molecular flexibility index (Phi) is 6.42. The normalized spacial score (nSPS) is 13.4. The van der Waals surface area contributed by atoms with Gasteiger partial charge in [-0.05, 0) is 35.9 Å². The maximum absolute atomic E-state index is 13.4. The first-order valence-corrected chi connectivity index (χ1v) is 9.17. The summed E-state index contributed by atoms with van der Waals surface area (Å²) >= 11 is 0. The first kappa shape index (κ1) is 21.8. The standard InChI is InChI=1S/C17H16F4N2O4S/c1-23(27-2)28(25,26)14-5-3-4-12(10-14)16(24)22-15(17(19,20)21)11-6-8-13(18)9-7-11/h3-10,15H,1-2H3,(H,22,24). The molecule has 0 aromatic heterocycles. The van der Waals surface area contributed by atoms with Crippen molar-refractivity contribution in [1.82, 2.24) is 9.79 Å². The van der Waals surface area contributed by atoms with Crippen LogP contribution in [0.25, 0.3) is 0 Å². The minimum absolute atomic E-state index is 0.304. The zero-order valence-corrected chi connectivity index (χ0v) is 15.5. The van der Waals surface area contributed by atoms with Gasteiger partial charge in [0.15, 0.2) is 6.04 Å². The molecule has 6 nitrogen and oxygen atoms in total. The van der Waals surface area contributed by atoms with Crippen LogP contribution >= 0.6 is 0 Å². The number of sulfonamides is 1. The number of carbonyl (C=O) groups excluding carboxylic acids is 1. The van der Waals surface area contributed by atoms with Crippen LogP contribution in [0.4, 0.5) is 17.6 Å². The summed E-state index contributed by atoms with van der Waals surface area (Å²) < 4.78 is 78.1. The predicted molar refractivity (Wildman–Crippen MR) is 91.1 cm³/mol. The molecule has 0 heterocycles. The highest BCUT2D eigenvalue weighted by Crippen LogP contribution is 2.33. The first-order valence-electron chi connectivity index (χ1n) is 7.73. The molecule has 0 radical (unpaired) electrons. The highest BCUT2D eigenvalue weighted by atomic mass is 32.2. The molecule has 1 atom stereocenters. The Bertz CT molecular complexity index is 946. The largest absolute Gasteiger partial charge is 0.412 e. The molecule has 11 heteroatoms. The molecule has 2 rings (SSSR count). The summed E-state index contributed by atoms with van der Waals surface area (Å²) in [5, 5.41) is 1.80. The number of amides is 1. The molecule has 1 N–H and O–H groups in total. The molecule has 0 aliphatic heterocycles. The van der Waals surface area contributed by atoms with Gasteiger partial charge in [0, 0.05) is 12.6 Å². The number of nitrogens with zero attached hydrogens (tertiary/aromatic N) is 1. The van der Waals surface area contributed by atoms with E-state index < -0.39 is 34.0 Å².